The van der Waals surface area contributed by atoms with Crippen LogP contribution in [0.25, 0.3) is 0 Å². The average molecular weight is 319 g/mol. The zero-order valence-corrected chi connectivity index (χ0v) is 11.8. The van der Waals surface area contributed by atoms with Gasteiger partial charge in [-0.05, 0) is 18.2 Å². The predicted molar refractivity (Wildman–Crippen MR) is 70.6 cm³/mol. The molecule has 0 fully saturated rings. The third kappa shape index (κ3) is 3.40. The highest BCUT2D eigenvalue weighted by molar-refractivity contribution is 7.91. The number of benzene rings is 1. The van der Waals surface area contributed by atoms with Crippen molar-refractivity contribution in [3.05, 3.63) is 52.4 Å². The summed E-state index contributed by atoms with van der Waals surface area (Å²) in [5.74, 6) is -1.53. The molecule has 0 unspecified atom stereocenters. The van der Waals surface area contributed by atoms with Crippen molar-refractivity contribution in [3.8, 4) is 0 Å². The van der Waals surface area contributed by atoms with Crippen LogP contribution in [0.1, 0.15) is 10.4 Å². The quantitative estimate of drug-likeness (QED) is 0.886. The third-order valence-corrected chi connectivity index (χ3v) is 5.49. The second-order valence-corrected chi connectivity index (χ2v) is 7.10. The van der Waals surface area contributed by atoms with Crippen molar-refractivity contribution in [3.63, 3.8) is 0 Å². The highest BCUT2D eigenvalue weighted by Crippen LogP contribution is 2.21. The molecule has 2 aromatic rings. The summed E-state index contributed by atoms with van der Waals surface area (Å²) in [7, 11) is -3.78. The van der Waals surface area contributed by atoms with Gasteiger partial charge < -0.3 is 5.11 Å². The highest BCUT2D eigenvalue weighted by Gasteiger charge is 2.17. The number of rotatable bonds is 5. The number of hydrogen-bond donors (Lipinski definition) is 2. The van der Waals surface area contributed by atoms with Crippen molar-refractivity contribution in [1.29, 1.82) is 0 Å². The maximum Gasteiger partial charge on any atom is 0.250 e. The number of halogens is 2. The number of thiophene rings is 1. The minimum Gasteiger partial charge on any atom is -0.391 e. The summed E-state index contributed by atoms with van der Waals surface area (Å²) in [5.41, 5.74) is 0.0499. The standard InChI is InChI=1S/C12H11F2NO3S2/c13-9-2-1-8(11(14)5-9)6-15-20(17,18)12-4-3-10(7-16)19-12/h1-5,15-16H,6-7H2. The monoisotopic (exact) mass is 319 g/mol. The molecule has 20 heavy (non-hydrogen) atoms. The van der Waals surface area contributed by atoms with E-state index in [1.807, 2.05) is 0 Å². The van der Waals surface area contributed by atoms with Crippen molar-refractivity contribution >= 4 is 21.4 Å². The lowest BCUT2D eigenvalue weighted by atomic mass is 10.2. The lowest BCUT2D eigenvalue weighted by Crippen LogP contribution is -2.22. The molecule has 1 aromatic heterocycles. The molecule has 0 aliphatic carbocycles. The molecule has 0 saturated heterocycles. The van der Waals surface area contributed by atoms with Gasteiger partial charge in [0.15, 0.2) is 0 Å². The molecule has 108 valence electrons. The van der Waals surface area contributed by atoms with E-state index in [4.69, 9.17) is 5.11 Å². The minimum atomic E-state index is -3.78. The molecule has 0 aliphatic heterocycles. The Balaban J connectivity index is 2.13. The molecular formula is C12H11F2NO3S2. The van der Waals surface area contributed by atoms with Gasteiger partial charge in [0, 0.05) is 23.1 Å². The van der Waals surface area contributed by atoms with Gasteiger partial charge in [-0.2, -0.15) is 0 Å². The lowest BCUT2D eigenvalue weighted by Gasteiger charge is -2.06. The zero-order valence-electron chi connectivity index (χ0n) is 10.1. The normalized spacial score (nSPS) is 11.8. The Morgan fingerprint density at radius 2 is 1.95 bits per heavy atom. The van der Waals surface area contributed by atoms with Crippen LogP contribution in [0.4, 0.5) is 8.78 Å². The second kappa shape index (κ2) is 5.96. The molecule has 1 aromatic carbocycles. The van der Waals surface area contributed by atoms with Crippen LogP contribution in [0.5, 0.6) is 0 Å². The summed E-state index contributed by atoms with van der Waals surface area (Å²) in [6.07, 6.45) is 0. The van der Waals surface area contributed by atoms with E-state index in [-0.39, 0.29) is 22.9 Å². The maximum absolute atomic E-state index is 13.4. The first kappa shape index (κ1) is 15.0. The molecule has 0 spiro atoms. The molecule has 0 bridgehead atoms. The van der Waals surface area contributed by atoms with Crippen molar-refractivity contribution in [2.45, 2.75) is 17.4 Å². The van der Waals surface area contributed by atoms with Gasteiger partial charge in [-0.1, -0.05) is 6.07 Å². The molecule has 0 aliphatic rings. The summed E-state index contributed by atoms with van der Waals surface area (Å²) in [4.78, 5) is 0.512. The summed E-state index contributed by atoms with van der Waals surface area (Å²) < 4.78 is 52.2. The van der Waals surface area contributed by atoms with Crippen molar-refractivity contribution in [2.24, 2.45) is 0 Å². The Morgan fingerprint density at radius 3 is 2.55 bits per heavy atom. The van der Waals surface area contributed by atoms with Crippen molar-refractivity contribution in [1.82, 2.24) is 4.72 Å². The second-order valence-electron chi connectivity index (χ2n) is 3.94. The summed E-state index contributed by atoms with van der Waals surface area (Å²) in [6, 6.07) is 5.79. The Bertz CT molecular complexity index is 713. The van der Waals surface area contributed by atoms with E-state index in [1.54, 1.807) is 0 Å². The van der Waals surface area contributed by atoms with E-state index in [0.717, 1.165) is 17.4 Å². The number of aliphatic hydroxyl groups excluding tert-OH is 1. The molecule has 0 atom stereocenters. The van der Waals surface area contributed by atoms with Crippen LogP contribution in [0, 0.1) is 11.6 Å². The van der Waals surface area contributed by atoms with Gasteiger partial charge in [-0.25, -0.2) is 21.9 Å². The Morgan fingerprint density at radius 1 is 1.20 bits per heavy atom. The van der Waals surface area contributed by atoms with Crippen LogP contribution in [-0.2, 0) is 23.2 Å². The van der Waals surface area contributed by atoms with Gasteiger partial charge in [0.1, 0.15) is 15.8 Å². The van der Waals surface area contributed by atoms with Gasteiger partial charge in [0.2, 0.25) is 10.0 Å². The van der Waals surface area contributed by atoms with E-state index in [0.29, 0.717) is 10.9 Å². The van der Waals surface area contributed by atoms with Crippen molar-refractivity contribution < 1.29 is 22.3 Å². The summed E-state index contributed by atoms with van der Waals surface area (Å²) >= 11 is 0.927. The maximum atomic E-state index is 13.4. The van der Waals surface area contributed by atoms with Crippen molar-refractivity contribution in [2.75, 3.05) is 0 Å². The first-order valence-electron chi connectivity index (χ1n) is 5.55. The third-order valence-electron chi connectivity index (χ3n) is 2.53. The highest BCUT2D eigenvalue weighted by atomic mass is 32.2. The molecule has 4 nitrogen and oxygen atoms in total. The minimum absolute atomic E-state index is 0.0315. The Kier molecular flexibility index (Phi) is 4.48. The van der Waals surface area contributed by atoms with Crippen LogP contribution in [0.15, 0.2) is 34.5 Å². The van der Waals surface area contributed by atoms with Crippen LogP contribution in [0.3, 0.4) is 0 Å². The topological polar surface area (TPSA) is 66.4 Å². The lowest BCUT2D eigenvalue weighted by molar-refractivity contribution is 0.285. The van der Waals surface area contributed by atoms with Gasteiger partial charge in [0.05, 0.1) is 6.61 Å². The fourth-order valence-electron chi connectivity index (χ4n) is 1.50. The number of sulfonamides is 1. The van der Waals surface area contributed by atoms with Crippen LogP contribution in [-0.4, -0.2) is 13.5 Å². The van der Waals surface area contributed by atoms with E-state index in [2.05, 4.69) is 4.72 Å². The first-order chi connectivity index (χ1) is 9.42. The van der Waals surface area contributed by atoms with E-state index in [9.17, 15) is 17.2 Å². The fraction of sp³-hybridized carbons (Fsp3) is 0.167. The van der Waals surface area contributed by atoms with Crippen LogP contribution in [0.2, 0.25) is 0 Å². The summed E-state index contributed by atoms with van der Waals surface area (Å²) in [5, 5.41) is 8.90. The van der Waals surface area contributed by atoms with Crippen LogP contribution >= 0.6 is 11.3 Å². The van der Waals surface area contributed by atoms with Gasteiger partial charge in [-0.15, -0.1) is 11.3 Å². The predicted octanol–water partition coefficient (Wildman–Crippen LogP) is 2.00. The smallest absolute Gasteiger partial charge is 0.250 e. The Hall–Kier alpha value is -1.35. The number of hydrogen-bond acceptors (Lipinski definition) is 4. The van der Waals surface area contributed by atoms with Crippen LogP contribution < -0.4 is 4.72 Å². The molecule has 2 N–H and O–H groups in total. The molecule has 8 heteroatoms. The molecule has 1 heterocycles. The molecule has 0 radical (unpaired) electrons. The molecule has 0 amide bonds. The van der Waals surface area contributed by atoms with Gasteiger partial charge in [0.25, 0.3) is 0 Å². The number of nitrogens with one attached hydrogen (secondary N) is 1. The SMILES string of the molecule is O=S(=O)(NCc1ccc(F)cc1F)c1ccc(CO)s1. The Labute approximate surface area is 118 Å². The van der Waals surface area contributed by atoms with E-state index < -0.39 is 21.7 Å². The van der Waals surface area contributed by atoms with E-state index >= 15 is 0 Å². The van der Waals surface area contributed by atoms with E-state index in [1.165, 1.54) is 18.2 Å². The number of aliphatic hydroxyl groups is 1. The van der Waals surface area contributed by atoms with Gasteiger partial charge in [-0.3, -0.25) is 0 Å². The largest absolute Gasteiger partial charge is 0.391 e. The average Bonchev–Trinajstić information content (AvgIpc) is 2.87. The fourth-order valence-corrected chi connectivity index (χ4v) is 3.76. The molecular weight excluding hydrogens is 308 g/mol. The molecule has 2 rings (SSSR count). The zero-order chi connectivity index (χ0) is 14.8. The van der Waals surface area contributed by atoms with Gasteiger partial charge >= 0.3 is 0 Å². The molecule has 0 saturated carbocycles. The summed E-state index contributed by atoms with van der Waals surface area (Å²) in [6.45, 7) is -0.520. The first-order valence-corrected chi connectivity index (χ1v) is 7.85.